The van der Waals surface area contributed by atoms with Gasteiger partial charge in [0, 0.05) is 9.79 Å². The smallest absolute Gasteiger partial charge is 0.872 e. The Morgan fingerprint density at radius 3 is 1.02 bits per heavy atom. The first kappa shape index (κ1) is 35.9. The third-order valence-electron chi connectivity index (χ3n) is 7.13. The van der Waals surface area contributed by atoms with Crippen molar-refractivity contribution in [3.05, 3.63) is 168 Å². The molecule has 0 radical (unpaired) electrons. The summed E-state index contributed by atoms with van der Waals surface area (Å²) in [4.78, 5) is 1.06. The van der Waals surface area contributed by atoms with Crippen LogP contribution >= 0.6 is 11.8 Å². The SMILES string of the molecule is [K+].[K+].[O-]c1ccc(-c2ccc(/C=C/c3ccccc3)cc2)cc1Sc1cc(-c2ccc(/C=C/c3ccccc3)cc2)ccc1[O-]. The van der Waals surface area contributed by atoms with Gasteiger partial charge in [0.25, 0.3) is 0 Å². The van der Waals surface area contributed by atoms with Gasteiger partial charge in [-0.1, -0.05) is 181 Å². The van der Waals surface area contributed by atoms with Gasteiger partial charge in [-0.25, -0.2) is 0 Å². The standard InChI is InChI=1S/C40H30O2S.2K/c41-37-25-23-35(33-19-15-31(16-20-33)13-11-29-7-3-1-4-8-29)27-39(37)43-40-28-36(24-26-38(40)42)34-21-17-32(18-22-34)14-12-30-9-5-2-6-10-30;;/h1-28,41-42H;;/q;2*+1/p-2/b13-11+,14-12+;;. The molecule has 0 aliphatic carbocycles. The van der Waals surface area contributed by atoms with Crippen LogP contribution in [0.25, 0.3) is 46.6 Å². The molecule has 45 heavy (non-hydrogen) atoms. The summed E-state index contributed by atoms with van der Waals surface area (Å²) in [6, 6.07) is 47.4. The van der Waals surface area contributed by atoms with Gasteiger partial charge in [-0.05, 0) is 56.6 Å². The number of benzene rings is 6. The Morgan fingerprint density at radius 1 is 0.356 bits per heavy atom. The van der Waals surface area contributed by atoms with Gasteiger partial charge in [-0.3, -0.25) is 0 Å². The fourth-order valence-electron chi connectivity index (χ4n) is 4.74. The topological polar surface area (TPSA) is 46.1 Å². The molecular weight excluding hydrogens is 623 g/mol. The van der Waals surface area contributed by atoms with Crippen LogP contribution in [-0.2, 0) is 0 Å². The monoisotopic (exact) mass is 650 g/mol. The van der Waals surface area contributed by atoms with Gasteiger partial charge < -0.3 is 10.2 Å². The first-order valence-electron chi connectivity index (χ1n) is 14.1. The van der Waals surface area contributed by atoms with E-state index in [2.05, 4.69) is 97.1 Å². The van der Waals surface area contributed by atoms with Gasteiger partial charge in [-0.15, -0.1) is 0 Å². The zero-order valence-electron chi connectivity index (χ0n) is 25.4. The van der Waals surface area contributed by atoms with Crippen molar-refractivity contribution in [3.63, 3.8) is 0 Å². The molecule has 0 atom stereocenters. The summed E-state index contributed by atoms with van der Waals surface area (Å²) in [6.07, 6.45) is 8.34. The van der Waals surface area contributed by atoms with Gasteiger partial charge in [0.2, 0.25) is 0 Å². The van der Waals surface area contributed by atoms with Crippen molar-refractivity contribution in [2.75, 3.05) is 0 Å². The molecule has 208 valence electrons. The Morgan fingerprint density at radius 2 is 0.667 bits per heavy atom. The van der Waals surface area contributed by atoms with E-state index < -0.39 is 0 Å². The molecule has 0 aliphatic heterocycles. The second-order valence-corrected chi connectivity index (χ2v) is 11.2. The second-order valence-electron chi connectivity index (χ2n) is 10.2. The molecule has 5 heteroatoms. The van der Waals surface area contributed by atoms with E-state index in [1.54, 1.807) is 12.1 Å². The van der Waals surface area contributed by atoms with Gasteiger partial charge in [0.05, 0.1) is 0 Å². The van der Waals surface area contributed by atoms with Crippen molar-refractivity contribution >= 4 is 36.1 Å². The molecule has 6 aromatic rings. The summed E-state index contributed by atoms with van der Waals surface area (Å²) >= 11 is 1.23. The third-order valence-corrected chi connectivity index (χ3v) is 8.21. The molecular formula is C40H28K2O2S. The molecule has 0 heterocycles. The number of hydrogen-bond acceptors (Lipinski definition) is 3. The molecule has 0 unspecified atom stereocenters. The zero-order chi connectivity index (χ0) is 29.4. The average Bonchev–Trinajstić information content (AvgIpc) is 3.06. The minimum absolute atomic E-state index is 0. The molecule has 2 nitrogen and oxygen atoms in total. The van der Waals surface area contributed by atoms with Gasteiger partial charge in [-0.2, -0.15) is 0 Å². The fraction of sp³-hybridized carbons (Fsp3) is 0. The van der Waals surface area contributed by atoms with Crippen LogP contribution in [-0.4, -0.2) is 0 Å². The molecule has 0 fully saturated rings. The summed E-state index contributed by atoms with van der Waals surface area (Å²) < 4.78 is 0. The molecule has 0 saturated carbocycles. The molecule has 0 spiro atoms. The zero-order valence-corrected chi connectivity index (χ0v) is 32.5. The Bertz CT molecular complexity index is 1740. The summed E-state index contributed by atoms with van der Waals surface area (Å²) in [7, 11) is 0. The predicted molar refractivity (Wildman–Crippen MR) is 178 cm³/mol. The summed E-state index contributed by atoms with van der Waals surface area (Å²) in [5, 5.41) is 25.6. The number of rotatable bonds is 8. The Kier molecular flexibility index (Phi) is 14.2. The van der Waals surface area contributed by atoms with Crippen LogP contribution < -0.4 is 113 Å². The van der Waals surface area contributed by atoms with E-state index in [9.17, 15) is 10.2 Å². The average molecular weight is 651 g/mol. The fourth-order valence-corrected chi connectivity index (χ4v) is 5.69. The molecule has 6 rings (SSSR count). The Balaban J connectivity index is 0.00000230. The van der Waals surface area contributed by atoms with Crippen LogP contribution in [0.2, 0.25) is 0 Å². The van der Waals surface area contributed by atoms with Crippen molar-refractivity contribution in [1.82, 2.24) is 0 Å². The summed E-state index contributed by atoms with van der Waals surface area (Å²) in [5.74, 6) is -0.203. The van der Waals surface area contributed by atoms with E-state index >= 15 is 0 Å². The quantitative estimate of drug-likeness (QED) is 0.187. The third kappa shape index (κ3) is 10.0. The van der Waals surface area contributed by atoms with Crippen LogP contribution in [0.4, 0.5) is 0 Å². The van der Waals surface area contributed by atoms with Crippen LogP contribution in [0.1, 0.15) is 22.3 Å². The molecule has 0 amide bonds. The first-order chi connectivity index (χ1) is 21.1. The van der Waals surface area contributed by atoms with Crippen molar-refractivity contribution in [2.45, 2.75) is 9.79 Å². The molecule has 0 aromatic heterocycles. The van der Waals surface area contributed by atoms with Gasteiger partial charge in [0.15, 0.2) is 0 Å². The predicted octanol–water partition coefficient (Wildman–Crippen LogP) is 3.67. The van der Waals surface area contributed by atoms with Crippen LogP contribution in [0, 0.1) is 0 Å². The van der Waals surface area contributed by atoms with Crippen LogP contribution in [0.15, 0.2) is 155 Å². The molecule has 0 aliphatic rings. The Hall–Kier alpha value is -1.98. The number of hydrogen-bond donors (Lipinski definition) is 0. The van der Waals surface area contributed by atoms with Crippen molar-refractivity contribution in [2.24, 2.45) is 0 Å². The second kappa shape index (κ2) is 17.8. The van der Waals surface area contributed by atoms with Gasteiger partial charge >= 0.3 is 103 Å². The normalized spacial score (nSPS) is 10.8. The van der Waals surface area contributed by atoms with E-state index in [4.69, 9.17) is 0 Å². The van der Waals surface area contributed by atoms with E-state index in [1.807, 2.05) is 60.7 Å². The van der Waals surface area contributed by atoms with Crippen molar-refractivity contribution in [3.8, 4) is 33.8 Å². The molecule has 6 aromatic carbocycles. The van der Waals surface area contributed by atoms with Crippen molar-refractivity contribution < 1.29 is 113 Å². The maximum absolute atomic E-state index is 12.8. The van der Waals surface area contributed by atoms with Crippen LogP contribution in [0.5, 0.6) is 11.5 Å². The molecule has 0 saturated heterocycles. The maximum atomic E-state index is 12.8. The van der Waals surface area contributed by atoms with E-state index in [0.717, 1.165) is 44.5 Å². The van der Waals surface area contributed by atoms with Crippen molar-refractivity contribution in [1.29, 1.82) is 0 Å². The minimum atomic E-state index is -0.101. The molecule has 0 N–H and O–H groups in total. The summed E-state index contributed by atoms with van der Waals surface area (Å²) in [6.45, 7) is 0. The van der Waals surface area contributed by atoms with E-state index in [-0.39, 0.29) is 114 Å². The van der Waals surface area contributed by atoms with Gasteiger partial charge in [0.1, 0.15) is 0 Å². The Labute approximate surface area is 354 Å². The maximum Gasteiger partial charge on any atom is 1.00 e. The minimum Gasteiger partial charge on any atom is -0.872 e. The van der Waals surface area contributed by atoms with E-state index in [0.29, 0.717) is 9.79 Å². The summed E-state index contributed by atoms with van der Waals surface area (Å²) in [5.41, 5.74) is 8.37. The van der Waals surface area contributed by atoms with E-state index in [1.165, 1.54) is 11.8 Å². The molecule has 0 bridgehead atoms. The van der Waals surface area contributed by atoms with Crippen LogP contribution in [0.3, 0.4) is 0 Å². The largest absolute Gasteiger partial charge is 1.00 e. The first-order valence-corrected chi connectivity index (χ1v) is 14.9.